The van der Waals surface area contributed by atoms with Gasteiger partial charge in [-0.2, -0.15) is 15.4 Å². The Balaban J connectivity index is 1.63. The Morgan fingerprint density at radius 3 is 2.76 bits per heavy atom. The fourth-order valence-corrected chi connectivity index (χ4v) is 2.91. The maximum absolute atomic E-state index is 12.5. The molecule has 25 heavy (non-hydrogen) atoms. The molecule has 126 valence electrons. The fourth-order valence-electron chi connectivity index (χ4n) is 2.91. The first-order valence-corrected chi connectivity index (χ1v) is 7.69. The minimum Gasteiger partial charge on any atom is -0.497 e. The van der Waals surface area contributed by atoms with E-state index < -0.39 is 13.2 Å². The van der Waals surface area contributed by atoms with Crippen LogP contribution in [-0.4, -0.2) is 28.4 Å². The van der Waals surface area contributed by atoms with Gasteiger partial charge in [0.25, 0.3) is 5.91 Å². The number of aromatic amines is 1. The van der Waals surface area contributed by atoms with Gasteiger partial charge in [0.2, 0.25) is 0 Å². The number of para-hydroxylation sites is 1. The maximum atomic E-state index is 12.5. The van der Waals surface area contributed by atoms with Crippen LogP contribution in [0.1, 0.15) is 31.9 Å². The Kier molecular flexibility index (Phi) is 2.87. The van der Waals surface area contributed by atoms with Gasteiger partial charge in [0.15, 0.2) is 0 Å². The lowest BCUT2D eigenvalue weighted by Crippen LogP contribution is -2.39. The van der Waals surface area contributed by atoms with Gasteiger partial charge in [0, 0.05) is 5.56 Å². The van der Waals surface area contributed by atoms with E-state index in [4.69, 9.17) is 8.85 Å². The van der Waals surface area contributed by atoms with Crippen LogP contribution in [0.2, 0.25) is 0 Å². The number of carbonyl (C=O) groups excluding carboxylic acids is 1. The third-order valence-electron chi connectivity index (χ3n) is 4.18. The van der Waals surface area contributed by atoms with Crippen LogP contribution in [0.25, 0.3) is 11.3 Å². The zero-order valence-electron chi connectivity index (χ0n) is 16.3. The van der Waals surface area contributed by atoms with Gasteiger partial charge in [-0.1, -0.05) is 12.1 Å². The van der Waals surface area contributed by atoms with Gasteiger partial charge in [-0.25, -0.2) is 0 Å². The number of carbonyl (C=O) groups is 1. The number of amides is 1. The lowest BCUT2D eigenvalue weighted by molar-refractivity contribution is 0.0935. The lowest BCUT2D eigenvalue weighted by Gasteiger charge is -2.28. The predicted molar refractivity (Wildman–Crippen MR) is 93.4 cm³/mol. The number of fused-ring (bicyclic) bond motifs is 1. The van der Waals surface area contributed by atoms with Gasteiger partial charge in [-0.05, 0) is 42.8 Å². The normalized spacial score (nSPS) is 18.2. The summed E-state index contributed by atoms with van der Waals surface area (Å²) in [7, 11) is -2.51. The molecular formula is C18H17N5O2. The third-order valence-corrected chi connectivity index (χ3v) is 4.18. The Labute approximate surface area is 148 Å². The van der Waals surface area contributed by atoms with Crippen LogP contribution in [0.4, 0.5) is 5.69 Å². The number of nitrogens with one attached hydrogen (secondary N) is 3. The van der Waals surface area contributed by atoms with Crippen molar-refractivity contribution in [3.05, 3.63) is 59.3 Å². The Morgan fingerprint density at radius 1 is 1.12 bits per heavy atom. The van der Waals surface area contributed by atoms with Crippen LogP contribution in [0.15, 0.2) is 42.5 Å². The number of hydrogen-bond acceptors (Lipinski definition) is 5. The summed E-state index contributed by atoms with van der Waals surface area (Å²) in [6, 6.07) is 12.0. The van der Waals surface area contributed by atoms with Crippen molar-refractivity contribution < 1.29 is 13.6 Å². The molecule has 1 atom stereocenters. The second-order valence-corrected chi connectivity index (χ2v) is 5.73. The molecule has 7 heteroatoms. The van der Waals surface area contributed by atoms with Crippen LogP contribution in [0.3, 0.4) is 0 Å². The highest BCUT2D eigenvalue weighted by Gasteiger charge is 2.29. The number of nitrogens with zero attached hydrogens (tertiary/aromatic N) is 2. The monoisotopic (exact) mass is 338 g/mol. The zero-order chi connectivity index (χ0) is 19.9. The van der Waals surface area contributed by atoms with Gasteiger partial charge < -0.3 is 15.4 Å². The van der Waals surface area contributed by atoms with Gasteiger partial charge in [-0.15, -0.1) is 0 Å². The second-order valence-electron chi connectivity index (χ2n) is 5.73. The molecule has 1 aliphatic heterocycles. The molecule has 2 aromatic carbocycles. The second kappa shape index (κ2) is 5.94. The molecule has 0 bridgehead atoms. The average Bonchev–Trinajstić information content (AvgIpc) is 3.11. The van der Waals surface area contributed by atoms with Gasteiger partial charge in [0.1, 0.15) is 23.3 Å². The molecular weight excluding hydrogens is 318 g/mol. The van der Waals surface area contributed by atoms with Gasteiger partial charge in [-0.3, -0.25) is 4.79 Å². The molecule has 0 radical (unpaired) electrons. The minimum absolute atomic E-state index is 0.196. The average molecular weight is 338 g/mol. The molecule has 3 N–H and O–H groups in total. The van der Waals surface area contributed by atoms with Gasteiger partial charge >= 0.3 is 0 Å². The quantitative estimate of drug-likeness (QED) is 0.683. The van der Waals surface area contributed by atoms with E-state index in [1.165, 1.54) is 0 Å². The first-order chi connectivity index (χ1) is 13.3. The minimum atomic E-state index is -2.51. The molecule has 0 aliphatic carbocycles. The highest BCUT2D eigenvalue weighted by atomic mass is 16.5. The number of aryl methyl sites for hydroxylation is 1. The summed E-state index contributed by atoms with van der Waals surface area (Å²) in [4.78, 5) is 12.5. The van der Waals surface area contributed by atoms with E-state index in [0.717, 1.165) is 11.3 Å². The number of ether oxygens (including phenoxy) is 1. The van der Waals surface area contributed by atoms with Crippen molar-refractivity contribution in [3.8, 4) is 17.0 Å². The summed E-state index contributed by atoms with van der Waals surface area (Å²) < 4.78 is 26.4. The lowest BCUT2D eigenvalue weighted by atomic mass is 10.0. The zero-order valence-corrected chi connectivity index (χ0v) is 13.3. The SMILES string of the molecule is [2H]C([2H])([2H])Oc1ccc(-c2n[nH]nc2C2NC(=O)c3cccc(C)c3N2)cc1. The van der Waals surface area contributed by atoms with E-state index in [-0.39, 0.29) is 11.7 Å². The molecule has 0 spiro atoms. The summed E-state index contributed by atoms with van der Waals surface area (Å²) in [5.41, 5.74) is 4.04. The summed E-state index contributed by atoms with van der Waals surface area (Å²) in [5, 5.41) is 17.2. The number of hydrogen-bond donors (Lipinski definition) is 3. The molecule has 1 unspecified atom stereocenters. The van der Waals surface area contributed by atoms with Crippen LogP contribution in [0.5, 0.6) is 5.75 Å². The number of methoxy groups -OCH3 is 1. The topological polar surface area (TPSA) is 91.9 Å². The number of rotatable bonds is 3. The van der Waals surface area contributed by atoms with Crippen molar-refractivity contribution in [2.24, 2.45) is 0 Å². The Hall–Kier alpha value is -3.35. The first-order valence-electron chi connectivity index (χ1n) is 9.19. The van der Waals surface area contributed by atoms with Crippen molar-refractivity contribution in [2.75, 3.05) is 12.4 Å². The van der Waals surface area contributed by atoms with Crippen molar-refractivity contribution in [1.82, 2.24) is 20.7 Å². The summed E-state index contributed by atoms with van der Waals surface area (Å²) in [6.07, 6.45) is -0.562. The number of benzene rings is 2. The van der Waals surface area contributed by atoms with E-state index in [9.17, 15) is 4.79 Å². The standard InChI is InChI=1S/C18H17N5O2/c1-10-4-3-5-13-14(10)19-17(20-18(13)24)16-15(21-23-22-16)11-6-8-12(25-2)9-7-11/h3-9,17,19H,1-2H3,(H,20,24)(H,21,22,23)/i2D3. The van der Waals surface area contributed by atoms with E-state index in [1.807, 2.05) is 19.1 Å². The first kappa shape index (κ1) is 12.1. The molecule has 1 amide bonds. The maximum Gasteiger partial charge on any atom is 0.255 e. The van der Waals surface area contributed by atoms with Crippen molar-refractivity contribution >= 4 is 11.6 Å². The summed E-state index contributed by atoms with van der Waals surface area (Å²) in [6.45, 7) is 1.93. The number of aromatic nitrogens is 3. The van der Waals surface area contributed by atoms with Gasteiger partial charge in [0.05, 0.1) is 22.4 Å². The summed E-state index contributed by atoms with van der Waals surface area (Å²) >= 11 is 0. The summed E-state index contributed by atoms with van der Waals surface area (Å²) in [5.74, 6) is 0.0280. The molecule has 3 aromatic rings. The van der Waals surface area contributed by atoms with E-state index >= 15 is 0 Å². The van der Waals surface area contributed by atoms with Crippen LogP contribution in [-0.2, 0) is 0 Å². The molecule has 0 saturated heterocycles. The van der Waals surface area contributed by atoms with E-state index in [0.29, 0.717) is 22.5 Å². The van der Waals surface area contributed by atoms with Crippen molar-refractivity contribution in [3.63, 3.8) is 0 Å². The van der Waals surface area contributed by atoms with Crippen LogP contribution >= 0.6 is 0 Å². The smallest absolute Gasteiger partial charge is 0.255 e. The number of H-pyrrole nitrogens is 1. The largest absolute Gasteiger partial charge is 0.497 e. The van der Waals surface area contributed by atoms with Crippen LogP contribution in [0, 0.1) is 6.92 Å². The van der Waals surface area contributed by atoms with Crippen LogP contribution < -0.4 is 15.4 Å². The van der Waals surface area contributed by atoms with E-state index in [1.54, 1.807) is 30.3 Å². The third kappa shape index (κ3) is 2.59. The Morgan fingerprint density at radius 2 is 1.96 bits per heavy atom. The molecule has 4 rings (SSSR count). The molecule has 0 fully saturated rings. The van der Waals surface area contributed by atoms with Crippen molar-refractivity contribution in [1.29, 1.82) is 0 Å². The van der Waals surface area contributed by atoms with E-state index in [2.05, 4.69) is 26.0 Å². The highest BCUT2D eigenvalue weighted by Crippen LogP contribution is 2.32. The fraction of sp³-hybridized carbons (Fsp3) is 0.167. The van der Waals surface area contributed by atoms with Crippen molar-refractivity contribution in [2.45, 2.75) is 13.1 Å². The Bertz CT molecular complexity index is 1030. The highest BCUT2D eigenvalue weighted by molar-refractivity contribution is 6.02. The molecule has 2 heterocycles. The molecule has 7 nitrogen and oxygen atoms in total. The number of anilines is 1. The molecule has 1 aliphatic rings. The molecule has 0 saturated carbocycles. The molecule has 1 aromatic heterocycles. The predicted octanol–water partition coefficient (Wildman–Crippen LogP) is 2.64.